The van der Waals surface area contributed by atoms with Gasteiger partial charge in [-0.2, -0.15) is 0 Å². The molecule has 4 heteroatoms. The third kappa shape index (κ3) is 7.15. The Labute approximate surface area is 117 Å². The highest BCUT2D eigenvalue weighted by atomic mass is 16.5. The van der Waals surface area contributed by atoms with E-state index in [9.17, 15) is 0 Å². The maximum absolute atomic E-state index is 5.79. The second-order valence-electron chi connectivity index (χ2n) is 5.13. The molecule has 0 saturated carbocycles. The van der Waals surface area contributed by atoms with Gasteiger partial charge in [0, 0.05) is 26.2 Å². The fourth-order valence-electron chi connectivity index (χ4n) is 1.75. The zero-order valence-electron chi connectivity index (χ0n) is 12.6. The predicted octanol–water partition coefficient (Wildman–Crippen LogP) is 1.28. The van der Waals surface area contributed by atoms with Gasteiger partial charge in [-0.25, -0.2) is 0 Å². The highest BCUT2D eigenvalue weighted by Gasteiger charge is 2.01. The van der Waals surface area contributed by atoms with Crippen LogP contribution >= 0.6 is 0 Å². The summed E-state index contributed by atoms with van der Waals surface area (Å²) in [6.07, 6.45) is 0. The molecular formula is C15H27N3O. The fraction of sp³-hybridized carbons (Fsp3) is 0.600. The maximum atomic E-state index is 5.79. The van der Waals surface area contributed by atoms with Crippen molar-refractivity contribution in [3.63, 3.8) is 0 Å². The molecule has 0 aliphatic carbocycles. The molecule has 0 atom stereocenters. The van der Waals surface area contributed by atoms with Crippen molar-refractivity contribution in [3.05, 3.63) is 29.8 Å². The smallest absolute Gasteiger partial charge is 0.119 e. The van der Waals surface area contributed by atoms with Crippen molar-refractivity contribution in [2.24, 2.45) is 0 Å². The van der Waals surface area contributed by atoms with Gasteiger partial charge in [-0.05, 0) is 45.9 Å². The second kappa shape index (κ2) is 8.91. The molecule has 1 aromatic rings. The monoisotopic (exact) mass is 265 g/mol. The lowest BCUT2D eigenvalue weighted by molar-refractivity contribution is 0.222. The Kier molecular flexibility index (Phi) is 7.48. The first-order chi connectivity index (χ1) is 9.11. The van der Waals surface area contributed by atoms with Crippen LogP contribution in [0.1, 0.15) is 5.56 Å². The molecule has 19 heavy (non-hydrogen) atoms. The molecule has 1 N–H and O–H groups in total. The number of likely N-dealkylation sites (N-methyl/N-ethyl adjacent to an activating group) is 2. The quantitative estimate of drug-likeness (QED) is 0.728. The Balaban J connectivity index is 2.26. The summed E-state index contributed by atoms with van der Waals surface area (Å²) in [4.78, 5) is 4.48. The Morgan fingerprint density at radius 2 is 1.89 bits per heavy atom. The van der Waals surface area contributed by atoms with Crippen LogP contribution < -0.4 is 10.1 Å². The van der Waals surface area contributed by atoms with Crippen molar-refractivity contribution in [3.8, 4) is 5.75 Å². The normalized spacial score (nSPS) is 11.3. The van der Waals surface area contributed by atoms with Crippen LogP contribution in [0.4, 0.5) is 0 Å². The van der Waals surface area contributed by atoms with Crippen LogP contribution in [0.3, 0.4) is 0 Å². The molecule has 0 aliphatic rings. The van der Waals surface area contributed by atoms with Gasteiger partial charge in [0.1, 0.15) is 12.4 Å². The van der Waals surface area contributed by atoms with Gasteiger partial charge >= 0.3 is 0 Å². The van der Waals surface area contributed by atoms with Crippen molar-refractivity contribution < 1.29 is 4.74 Å². The fourth-order valence-corrected chi connectivity index (χ4v) is 1.75. The third-order valence-electron chi connectivity index (χ3n) is 2.95. The van der Waals surface area contributed by atoms with E-state index in [-0.39, 0.29) is 0 Å². The number of nitrogens with zero attached hydrogens (tertiary/aromatic N) is 2. The predicted molar refractivity (Wildman–Crippen MR) is 80.8 cm³/mol. The average molecular weight is 265 g/mol. The zero-order chi connectivity index (χ0) is 14.1. The number of nitrogens with one attached hydrogen (secondary N) is 1. The average Bonchev–Trinajstić information content (AvgIpc) is 2.37. The molecule has 0 heterocycles. The SMILES string of the molecule is CNCc1cccc(OCCN(C)CCN(C)C)c1. The number of rotatable bonds is 9. The summed E-state index contributed by atoms with van der Waals surface area (Å²) in [6.45, 7) is 4.70. The van der Waals surface area contributed by atoms with Crippen molar-refractivity contribution in [1.29, 1.82) is 0 Å². The van der Waals surface area contributed by atoms with Gasteiger partial charge in [0.2, 0.25) is 0 Å². The summed E-state index contributed by atoms with van der Waals surface area (Å²) >= 11 is 0. The van der Waals surface area contributed by atoms with Gasteiger partial charge in [-0.15, -0.1) is 0 Å². The molecule has 0 amide bonds. The van der Waals surface area contributed by atoms with E-state index in [1.807, 2.05) is 19.2 Å². The van der Waals surface area contributed by atoms with Crippen molar-refractivity contribution in [1.82, 2.24) is 15.1 Å². The zero-order valence-corrected chi connectivity index (χ0v) is 12.6. The molecule has 0 spiro atoms. The lowest BCUT2D eigenvalue weighted by Gasteiger charge is -2.19. The van der Waals surface area contributed by atoms with Crippen molar-refractivity contribution in [2.45, 2.75) is 6.54 Å². The highest BCUT2D eigenvalue weighted by Crippen LogP contribution is 2.12. The minimum Gasteiger partial charge on any atom is -0.492 e. The van der Waals surface area contributed by atoms with Crippen molar-refractivity contribution >= 4 is 0 Å². The molecule has 0 bridgehead atoms. The molecule has 1 rings (SSSR count). The summed E-state index contributed by atoms with van der Waals surface area (Å²) in [5, 5.41) is 3.14. The van der Waals surface area contributed by atoms with Crippen LogP contribution in [-0.2, 0) is 6.54 Å². The lowest BCUT2D eigenvalue weighted by Crippen LogP contribution is -2.31. The van der Waals surface area contributed by atoms with Gasteiger partial charge in [0.25, 0.3) is 0 Å². The molecule has 0 aliphatic heterocycles. The number of ether oxygens (including phenoxy) is 1. The van der Waals surface area contributed by atoms with Gasteiger partial charge in [0.05, 0.1) is 0 Å². The van der Waals surface area contributed by atoms with Gasteiger partial charge in [-0.3, -0.25) is 0 Å². The van der Waals surface area contributed by atoms with Gasteiger partial charge in [0.15, 0.2) is 0 Å². The van der Waals surface area contributed by atoms with Crippen LogP contribution in [0, 0.1) is 0 Å². The van der Waals surface area contributed by atoms with E-state index in [2.05, 4.69) is 48.4 Å². The highest BCUT2D eigenvalue weighted by molar-refractivity contribution is 5.28. The van der Waals surface area contributed by atoms with Gasteiger partial charge in [-0.1, -0.05) is 12.1 Å². The van der Waals surface area contributed by atoms with E-state index in [0.29, 0.717) is 0 Å². The first-order valence-corrected chi connectivity index (χ1v) is 6.81. The number of hydrogen-bond donors (Lipinski definition) is 1. The molecule has 0 radical (unpaired) electrons. The van der Waals surface area contributed by atoms with E-state index in [1.54, 1.807) is 0 Å². The topological polar surface area (TPSA) is 27.7 Å². The van der Waals surface area contributed by atoms with Crippen LogP contribution in [0.25, 0.3) is 0 Å². The van der Waals surface area contributed by atoms with Crippen LogP contribution in [0.15, 0.2) is 24.3 Å². The van der Waals surface area contributed by atoms with E-state index in [4.69, 9.17) is 4.74 Å². The Morgan fingerprint density at radius 1 is 1.11 bits per heavy atom. The van der Waals surface area contributed by atoms with E-state index in [1.165, 1.54) is 5.56 Å². The lowest BCUT2D eigenvalue weighted by atomic mass is 10.2. The maximum Gasteiger partial charge on any atom is 0.119 e. The Bertz CT molecular complexity index is 355. The minimum absolute atomic E-state index is 0.729. The summed E-state index contributed by atoms with van der Waals surface area (Å²) in [7, 11) is 8.27. The standard InChI is InChI=1S/C15H27N3O/c1-16-13-14-6-5-7-15(12-14)19-11-10-18(4)9-8-17(2)3/h5-7,12,16H,8-11,13H2,1-4H3. The molecule has 4 nitrogen and oxygen atoms in total. The molecular weight excluding hydrogens is 238 g/mol. The number of hydrogen-bond acceptors (Lipinski definition) is 4. The summed E-state index contributed by atoms with van der Waals surface area (Å²) in [5.41, 5.74) is 1.25. The molecule has 0 unspecified atom stereocenters. The molecule has 108 valence electrons. The minimum atomic E-state index is 0.729. The Morgan fingerprint density at radius 3 is 2.58 bits per heavy atom. The van der Waals surface area contributed by atoms with Crippen LogP contribution in [-0.4, -0.2) is 64.2 Å². The van der Waals surface area contributed by atoms with E-state index in [0.717, 1.165) is 38.5 Å². The largest absolute Gasteiger partial charge is 0.492 e. The van der Waals surface area contributed by atoms with Crippen LogP contribution in [0.2, 0.25) is 0 Å². The first-order valence-electron chi connectivity index (χ1n) is 6.81. The number of benzene rings is 1. The summed E-state index contributed by atoms with van der Waals surface area (Å²) in [6, 6.07) is 8.25. The van der Waals surface area contributed by atoms with Gasteiger partial charge < -0.3 is 19.9 Å². The molecule has 0 fully saturated rings. The first kappa shape index (κ1) is 16.0. The van der Waals surface area contributed by atoms with Crippen LogP contribution in [0.5, 0.6) is 5.75 Å². The molecule has 0 aromatic heterocycles. The Hall–Kier alpha value is -1.10. The van der Waals surface area contributed by atoms with Crippen molar-refractivity contribution in [2.75, 3.05) is 54.4 Å². The van der Waals surface area contributed by atoms with E-state index >= 15 is 0 Å². The summed E-state index contributed by atoms with van der Waals surface area (Å²) < 4.78 is 5.79. The summed E-state index contributed by atoms with van der Waals surface area (Å²) in [5.74, 6) is 0.953. The third-order valence-corrected chi connectivity index (χ3v) is 2.95. The molecule has 0 saturated heterocycles. The molecule has 1 aromatic carbocycles. The van der Waals surface area contributed by atoms with E-state index < -0.39 is 0 Å². The second-order valence-corrected chi connectivity index (χ2v) is 5.13.